The number of aryl methyl sites for hydroxylation is 1. The Kier molecular flexibility index (Phi) is 5.57. The number of carbonyl (C=O) groups is 1. The zero-order chi connectivity index (χ0) is 15.1. The number of thiazole rings is 1. The molecule has 1 amide bonds. The van der Waals surface area contributed by atoms with Crippen LogP contribution in [0.15, 0.2) is 29.6 Å². The molecule has 0 aliphatic carbocycles. The fraction of sp³-hybridized carbons (Fsp3) is 0.333. The predicted octanol–water partition coefficient (Wildman–Crippen LogP) is 2.03. The first kappa shape index (κ1) is 15.3. The SMILES string of the molecule is COc1ccccc1CCC(=O)NCCc1csc(N)n1. The first-order chi connectivity index (χ1) is 10.2. The van der Waals surface area contributed by atoms with Crippen LogP contribution in [0.25, 0.3) is 0 Å². The third-order valence-electron chi connectivity index (χ3n) is 3.09. The van der Waals surface area contributed by atoms with Gasteiger partial charge in [0.1, 0.15) is 5.75 Å². The number of ether oxygens (including phenoxy) is 1. The third-order valence-corrected chi connectivity index (χ3v) is 3.81. The maximum absolute atomic E-state index is 11.8. The molecule has 2 aromatic rings. The number of nitrogens with one attached hydrogen (secondary N) is 1. The van der Waals surface area contributed by atoms with E-state index in [1.165, 1.54) is 11.3 Å². The molecule has 3 N–H and O–H groups in total. The Labute approximate surface area is 128 Å². The molecule has 5 nitrogen and oxygen atoms in total. The largest absolute Gasteiger partial charge is 0.496 e. The molecule has 0 fully saturated rings. The van der Waals surface area contributed by atoms with Crippen molar-refractivity contribution in [2.45, 2.75) is 19.3 Å². The maximum Gasteiger partial charge on any atom is 0.220 e. The van der Waals surface area contributed by atoms with E-state index < -0.39 is 0 Å². The van der Waals surface area contributed by atoms with Gasteiger partial charge in [-0.2, -0.15) is 0 Å². The first-order valence-electron chi connectivity index (χ1n) is 6.77. The molecule has 0 aliphatic rings. The van der Waals surface area contributed by atoms with Crippen molar-refractivity contribution in [3.8, 4) is 5.75 Å². The van der Waals surface area contributed by atoms with E-state index in [4.69, 9.17) is 10.5 Å². The molecule has 0 radical (unpaired) electrons. The summed E-state index contributed by atoms with van der Waals surface area (Å²) in [5.41, 5.74) is 7.52. The number of carbonyl (C=O) groups excluding carboxylic acids is 1. The van der Waals surface area contributed by atoms with E-state index in [0.29, 0.717) is 30.9 Å². The number of nitrogens with two attached hydrogens (primary N) is 1. The van der Waals surface area contributed by atoms with E-state index in [2.05, 4.69) is 10.3 Å². The highest BCUT2D eigenvalue weighted by Crippen LogP contribution is 2.18. The number of hydrogen-bond donors (Lipinski definition) is 2. The molecule has 1 aromatic heterocycles. The zero-order valence-corrected chi connectivity index (χ0v) is 12.8. The molecule has 112 valence electrons. The molecule has 2 rings (SSSR count). The quantitative estimate of drug-likeness (QED) is 0.820. The fourth-order valence-electron chi connectivity index (χ4n) is 2.01. The minimum absolute atomic E-state index is 0.0316. The minimum Gasteiger partial charge on any atom is -0.496 e. The number of aromatic nitrogens is 1. The van der Waals surface area contributed by atoms with Crippen molar-refractivity contribution < 1.29 is 9.53 Å². The van der Waals surface area contributed by atoms with Gasteiger partial charge in [-0.25, -0.2) is 4.98 Å². The number of amides is 1. The van der Waals surface area contributed by atoms with Crippen LogP contribution < -0.4 is 15.8 Å². The Hall–Kier alpha value is -2.08. The summed E-state index contributed by atoms with van der Waals surface area (Å²) in [4.78, 5) is 16.0. The average molecular weight is 305 g/mol. The molecule has 0 saturated carbocycles. The van der Waals surface area contributed by atoms with Crippen molar-refractivity contribution >= 4 is 22.4 Å². The first-order valence-corrected chi connectivity index (χ1v) is 7.65. The van der Waals surface area contributed by atoms with Gasteiger partial charge in [0.2, 0.25) is 5.91 Å². The second-order valence-corrected chi connectivity index (χ2v) is 5.48. The maximum atomic E-state index is 11.8. The highest BCUT2D eigenvalue weighted by molar-refractivity contribution is 7.13. The van der Waals surface area contributed by atoms with Gasteiger partial charge in [0, 0.05) is 24.8 Å². The highest BCUT2D eigenvalue weighted by Gasteiger charge is 2.06. The molecule has 0 spiro atoms. The number of para-hydroxylation sites is 1. The van der Waals surface area contributed by atoms with Crippen LogP contribution in [-0.4, -0.2) is 24.5 Å². The van der Waals surface area contributed by atoms with Crippen LogP contribution in [0, 0.1) is 0 Å². The summed E-state index contributed by atoms with van der Waals surface area (Å²) >= 11 is 1.41. The van der Waals surface area contributed by atoms with Gasteiger partial charge in [-0.05, 0) is 18.1 Å². The summed E-state index contributed by atoms with van der Waals surface area (Å²) < 4.78 is 5.27. The lowest BCUT2D eigenvalue weighted by molar-refractivity contribution is -0.121. The minimum atomic E-state index is 0.0316. The van der Waals surface area contributed by atoms with Crippen molar-refractivity contribution in [2.75, 3.05) is 19.4 Å². The molecule has 21 heavy (non-hydrogen) atoms. The molecule has 1 heterocycles. The number of nitrogen functional groups attached to an aromatic ring is 1. The monoisotopic (exact) mass is 305 g/mol. The summed E-state index contributed by atoms with van der Waals surface area (Å²) in [5.74, 6) is 0.854. The molecule has 1 aromatic carbocycles. The Bertz CT molecular complexity index is 598. The lowest BCUT2D eigenvalue weighted by Crippen LogP contribution is -2.26. The Morgan fingerprint density at radius 1 is 1.38 bits per heavy atom. The number of rotatable bonds is 7. The van der Waals surface area contributed by atoms with Crippen molar-refractivity contribution in [3.05, 3.63) is 40.9 Å². The Morgan fingerprint density at radius 2 is 2.19 bits per heavy atom. The molecule has 0 bridgehead atoms. The van der Waals surface area contributed by atoms with Crippen LogP contribution in [0.1, 0.15) is 17.7 Å². The Balaban J connectivity index is 1.72. The number of methoxy groups -OCH3 is 1. The fourth-order valence-corrected chi connectivity index (χ4v) is 2.61. The van der Waals surface area contributed by atoms with Crippen LogP contribution in [0.4, 0.5) is 5.13 Å². The normalized spacial score (nSPS) is 10.3. The van der Waals surface area contributed by atoms with Gasteiger partial charge in [-0.1, -0.05) is 18.2 Å². The number of hydrogen-bond acceptors (Lipinski definition) is 5. The van der Waals surface area contributed by atoms with Crippen LogP contribution in [-0.2, 0) is 17.6 Å². The smallest absolute Gasteiger partial charge is 0.220 e. The topological polar surface area (TPSA) is 77.2 Å². The van der Waals surface area contributed by atoms with Gasteiger partial charge in [-0.3, -0.25) is 4.79 Å². The lowest BCUT2D eigenvalue weighted by atomic mass is 10.1. The second kappa shape index (κ2) is 7.64. The third kappa shape index (κ3) is 4.75. The summed E-state index contributed by atoms with van der Waals surface area (Å²) in [6.07, 6.45) is 1.81. The van der Waals surface area contributed by atoms with Gasteiger partial charge in [0.15, 0.2) is 5.13 Å². The number of benzene rings is 1. The number of anilines is 1. The Morgan fingerprint density at radius 3 is 2.90 bits per heavy atom. The van der Waals surface area contributed by atoms with Crippen molar-refractivity contribution in [1.29, 1.82) is 0 Å². The summed E-state index contributed by atoms with van der Waals surface area (Å²) in [7, 11) is 1.64. The van der Waals surface area contributed by atoms with Crippen LogP contribution in [0.3, 0.4) is 0 Å². The molecule has 0 aliphatic heterocycles. The van der Waals surface area contributed by atoms with E-state index in [9.17, 15) is 4.79 Å². The number of nitrogens with zero attached hydrogens (tertiary/aromatic N) is 1. The van der Waals surface area contributed by atoms with E-state index in [0.717, 1.165) is 17.0 Å². The molecule has 0 saturated heterocycles. The van der Waals surface area contributed by atoms with Crippen LogP contribution in [0.2, 0.25) is 0 Å². The summed E-state index contributed by atoms with van der Waals surface area (Å²) in [6, 6.07) is 7.74. The van der Waals surface area contributed by atoms with Crippen molar-refractivity contribution in [2.24, 2.45) is 0 Å². The molecule has 0 atom stereocenters. The standard InChI is InChI=1S/C15H19N3O2S/c1-20-13-5-3-2-4-11(13)6-7-14(19)17-9-8-12-10-21-15(16)18-12/h2-5,10H,6-9H2,1H3,(H2,16,18)(H,17,19). The zero-order valence-electron chi connectivity index (χ0n) is 12.0. The van der Waals surface area contributed by atoms with E-state index >= 15 is 0 Å². The summed E-state index contributed by atoms with van der Waals surface area (Å²) in [6.45, 7) is 0.577. The molecule has 0 unspecified atom stereocenters. The van der Waals surface area contributed by atoms with Crippen molar-refractivity contribution in [1.82, 2.24) is 10.3 Å². The second-order valence-electron chi connectivity index (χ2n) is 4.59. The van der Waals surface area contributed by atoms with Gasteiger partial charge in [0.05, 0.1) is 12.8 Å². The van der Waals surface area contributed by atoms with Gasteiger partial charge < -0.3 is 15.8 Å². The van der Waals surface area contributed by atoms with Crippen LogP contribution >= 0.6 is 11.3 Å². The van der Waals surface area contributed by atoms with Gasteiger partial charge in [0.25, 0.3) is 0 Å². The van der Waals surface area contributed by atoms with E-state index in [-0.39, 0.29) is 5.91 Å². The van der Waals surface area contributed by atoms with Crippen LogP contribution in [0.5, 0.6) is 5.75 Å². The van der Waals surface area contributed by atoms with Gasteiger partial charge in [-0.15, -0.1) is 11.3 Å². The highest BCUT2D eigenvalue weighted by atomic mass is 32.1. The van der Waals surface area contributed by atoms with E-state index in [1.54, 1.807) is 7.11 Å². The molecule has 6 heteroatoms. The lowest BCUT2D eigenvalue weighted by Gasteiger charge is -2.08. The molecular formula is C15H19N3O2S. The van der Waals surface area contributed by atoms with Gasteiger partial charge >= 0.3 is 0 Å². The molecular weight excluding hydrogens is 286 g/mol. The predicted molar refractivity (Wildman–Crippen MR) is 84.6 cm³/mol. The van der Waals surface area contributed by atoms with Crippen molar-refractivity contribution in [3.63, 3.8) is 0 Å². The summed E-state index contributed by atoms with van der Waals surface area (Å²) in [5, 5.41) is 5.37. The van der Waals surface area contributed by atoms with E-state index in [1.807, 2.05) is 29.6 Å². The average Bonchev–Trinajstić information content (AvgIpc) is 2.91.